The van der Waals surface area contributed by atoms with Gasteiger partial charge in [-0.25, -0.2) is 4.79 Å². The van der Waals surface area contributed by atoms with Gasteiger partial charge in [-0.05, 0) is 88.5 Å². The number of piperidine rings is 1. The van der Waals surface area contributed by atoms with E-state index in [-0.39, 0.29) is 18.4 Å². The number of ether oxygens (including phenoxy) is 1. The summed E-state index contributed by atoms with van der Waals surface area (Å²) < 4.78 is 6.03. The number of carboxylic acid groups (broad SMARTS) is 1. The van der Waals surface area contributed by atoms with Crippen LogP contribution in [0.3, 0.4) is 0 Å². The fraction of sp³-hybridized carbons (Fsp3) is 0.750. The summed E-state index contributed by atoms with van der Waals surface area (Å²) in [5, 5.41) is 41.3. The molecule has 2 aliphatic heterocycles. The number of carbonyl (C=O) groups is 2. The lowest BCUT2D eigenvalue weighted by molar-refractivity contribution is -0.283. The number of aliphatic hydroxyl groups excluding tert-OH is 2. The van der Waals surface area contributed by atoms with Crippen LogP contribution in [-0.4, -0.2) is 73.9 Å². The number of hydrogen-bond acceptors (Lipinski definition) is 6. The van der Waals surface area contributed by atoms with Crippen LogP contribution < -0.4 is 0 Å². The maximum Gasteiger partial charge on any atom is 0.326 e. The number of hydrogen-bond donors (Lipinski definition) is 4. The summed E-state index contributed by atoms with van der Waals surface area (Å²) in [6, 6.07) is -0.854. The van der Waals surface area contributed by atoms with Crippen molar-refractivity contribution in [2.45, 2.75) is 128 Å². The topological polar surface area (TPSA) is 128 Å². The molecule has 0 bridgehead atoms. The van der Waals surface area contributed by atoms with Gasteiger partial charge in [0.2, 0.25) is 5.91 Å². The van der Waals surface area contributed by atoms with Crippen LogP contribution in [0.1, 0.15) is 97.8 Å². The van der Waals surface area contributed by atoms with Gasteiger partial charge in [0.05, 0.1) is 24.7 Å². The van der Waals surface area contributed by atoms with Crippen molar-refractivity contribution in [1.82, 2.24) is 4.90 Å². The lowest BCUT2D eigenvalue weighted by atomic mass is 9.82. The van der Waals surface area contributed by atoms with Gasteiger partial charge in [-0.15, -0.1) is 0 Å². The largest absolute Gasteiger partial charge is 0.480 e. The predicted molar refractivity (Wildman–Crippen MR) is 154 cm³/mol. The zero-order chi connectivity index (χ0) is 29.3. The molecule has 1 saturated carbocycles. The van der Waals surface area contributed by atoms with Gasteiger partial charge in [-0.2, -0.15) is 0 Å². The Morgan fingerprint density at radius 1 is 1.02 bits per heavy atom. The second kappa shape index (κ2) is 15.3. The number of nitrogens with zero attached hydrogens (tertiary/aromatic N) is 1. The molecule has 0 radical (unpaired) electrons. The summed E-state index contributed by atoms with van der Waals surface area (Å²) in [4.78, 5) is 26.0. The number of allylic oxidation sites excluding steroid dienone is 5. The fourth-order valence-electron chi connectivity index (χ4n) is 6.37. The Bertz CT molecular complexity index is 922. The Hall–Kier alpha value is -2.00. The number of amides is 1. The van der Waals surface area contributed by atoms with Gasteiger partial charge in [0.1, 0.15) is 6.04 Å². The molecule has 0 aromatic carbocycles. The Morgan fingerprint density at radius 2 is 1.75 bits per heavy atom. The monoisotopic (exact) mass is 561 g/mol. The highest BCUT2D eigenvalue weighted by molar-refractivity contribution is 5.84. The second-order valence-electron chi connectivity index (χ2n) is 12.5. The maximum absolute atomic E-state index is 13.0. The molecular formula is C32H51NO7. The molecule has 226 valence electrons. The Balaban J connectivity index is 1.48. The molecule has 0 spiro atoms. The quantitative estimate of drug-likeness (QED) is 0.269. The van der Waals surface area contributed by atoms with E-state index < -0.39 is 35.9 Å². The first kappa shape index (κ1) is 32.5. The fourth-order valence-corrected chi connectivity index (χ4v) is 6.37. The minimum atomic E-state index is -1.68. The van der Waals surface area contributed by atoms with E-state index in [9.17, 15) is 30.0 Å². The standard InChI is InChI=1S/C32H51NO7/c1-22(19-25-13-15-26(34)16-14-25)9-5-4-6-10-23(2)29(35)20-27-17-12-24(3)32(39,40-27)21-30(36)33-18-8-7-11-28(33)31(37)38/h4-6,9-10,22,24-29,34-35,39H,7-8,11-21H2,1-3H3,(H,37,38). The second-order valence-corrected chi connectivity index (χ2v) is 12.5. The molecule has 40 heavy (non-hydrogen) atoms. The minimum Gasteiger partial charge on any atom is -0.480 e. The van der Waals surface area contributed by atoms with Crippen LogP contribution in [0.4, 0.5) is 0 Å². The van der Waals surface area contributed by atoms with E-state index >= 15 is 0 Å². The molecule has 1 amide bonds. The molecule has 6 atom stereocenters. The van der Waals surface area contributed by atoms with Crippen LogP contribution in [-0.2, 0) is 14.3 Å². The van der Waals surface area contributed by atoms with E-state index in [1.165, 1.54) is 4.90 Å². The maximum atomic E-state index is 13.0. The Labute approximate surface area is 239 Å². The first-order chi connectivity index (χ1) is 19.0. The molecule has 8 nitrogen and oxygen atoms in total. The third-order valence-electron chi connectivity index (χ3n) is 9.13. The number of likely N-dealkylation sites (tertiary alicyclic amines) is 1. The van der Waals surface area contributed by atoms with Gasteiger partial charge in [0.15, 0.2) is 5.79 Å². The molecule has 1 aliphatic carbocycles. The predicted octanol–water partition coefficient (Wildman–Crippen LogP) is 4.73. The highest BCUT2D eigenvalue weighted by Crippen LogP contribution is 2.37. The highest BCUT2D eigenvalue weighted by atomic mass is 16.6. The average molecular weight is 562 g/mol. The van der Waals surface area contributed by atoms with Crippen molar-refractivity contribution in [2.75, 3.05) is 6.54 Å². The molecule has 6 unspecified atom stereocenters. The summed E-state index contributed by atoms with van der Waals surface area (Å²) >= 11 is 0. The normalized spacial score (nSPS) is 33.8. The van der Waals surface area contributed by atoms with Gasteiger partial charge in [-0.1, -0.05) is 44.2 Å². The van der Waals surface area contributed by atoms with Crippen molar-refractivity contribution in [1.29, 1.82) is 0 Å². The van der Waals surface area contributed by atoms with Crippen molar-refractivity contribution in [3.05, 3.63) is 36.0 Å². The van der Waals surface area contributed by atoms with Crippen molar-refractivity contribution in [2.24, 2.45) is 17.8 Å². The summed E-state index contributed by atoms with van der Waals surface area (Å²) in [5.41, 5.74) is 0.790. The van der Waals surface area contributed by atoms with Gasteiger partial charge < -0.3 is 30.1 Å². The SMILES string of the molecule is CC(=CC=CC=CC(C)CC1CCC(O)CC1)C(O)CC1CCC(C)C(O)(CC(=O)N2CCCCC2C(=O)O)O1. The molecule has 8 heteroatoms. The number of carboxylic acids is 1. The summed E-state index contributed by atoms with van der Waals surface area (Å²) in [7, 11) is 0. The molecule has 3 aliphatic rings. The van der Waals surface area contributed by atoms with Crippen LogP contribution in [0.5, 0.6) is 0 Å². The van der Waals surface area contributed by atoms with Crippen molar-refractivity contribution in [3.8, 4) is 0 Å². The molecule has 2 heterocycles. The van der Waals surface area contributed by atoms with Crippen LogP contribution in [0.25, 0.3) is 0 Å². The van der Waals surface area contributed by atoms with Crippen LogP contribution in [0.15, 0.2) is 36.0 Å². The highest BCUT2D eigenvalue weighted by Gasteiger charge is 2.45. The molecule has 2 saturated heterocycles. The van der Waals surface area contributed by atoms with E-state index in [2.05, 4.69) is 13.0 Å². The van der Waals surface area contributed by atoms with E-state index in [1.54, 1.807) is 0 Å². The van der Waals surface area contributed by atoms with E-state index in [0.717, 1.165) is 50.5 Å². The van der Waals surface area contributed by atoms with E-state index in [4.69, 9.17) is 4.74 Å². The van der Waals surface area contributed by atoms with Crippen LogP contribution in [0.2, 0.25) is 0 Å². The first-order valence-corrected chi connectivity index (χ1v) is 15.3. The zero-order valence-corrected chi connectivity index (χ0v) is 24.6. The smallest absolute Gasteiger partial charge is 0.326 e. The van der Waals surface area contributed by atoms with E-state index in [1.807, 2.05) is 38.2 Å². The Morgan fingerprint density at radius 3 is 2.45 bits per heavy atom. The molecule has 3 fully saturated rings. The molecular weight excluding hydrogens is 510 g/mol. The summed E-state index contributed by atoms with van der Waals surface area (Å²) in [6.07, 6.45) is 17.2. The van der Waals surface area contributed by atoms with Crippen LogP contribution >= 0.6 is 0 Å². The summed E-state index contributed by atoms with van der Waals surface area (Å²) in [5.74, 6) is -2.21. The van der Waals surface area contributed by atoms with Gasteiger partial charge >= 0.3 is 5.97 Å². The molecule has 0 aromatic rings. The lowest BCUT2D eigenvalue weighted by Crippen LogP contribution is -2.54. The number of aliphatic hydroxyl groups is 3. The van der Waals surface area contributed by atoms with Gasteiger partial charge in [-0.3, -0.25) is 4.79 Å². The molecule has 4 N–H and O–H groups in total. The Kier molecular flexibility index (Phi) is 12.4. The lowest BCUT2D eigenvalue weighted by Gasteiger charge is -2.43. The van der Waals surface area contributed by atoms with Crippen LogP contribution in [0, 0.1) is 17.8 Å². The third-order valence-corrected chi connectivity index (χ3v) is 9.13. The van der Waals surface area contributed by atoms with Crippen molar-refractivity contribution >= 4 is 11.9 Å². The van der Waals surface area contributed by atoms with Gasteiger partial charge in [0.25, 0.3) is 0 Å². The van der Waals surface area contributed by atoms with Gasteiger partial charge in [0, 0.05) is 18.9 Å². The number of aliphatic carboxylic acids is 1. The average Bonchev–Trinajstić information content (AvgIpc) is 2.91. The number of rotatable bonds is 11. The van der Waals surface area contributed by atoms with Crippen molar-refractivity contribution < 1.29 is 34.8 Å². The zero-order valence-electron chi connectivity index (χ0n) is 24.6. The first-order valence-electron chi connectivity index (χ1n) is 15.3. The number of carbonyl (C=O) groups excluding carboxylic acids is 1. The third kappa shape index (κ3) is 9.54. The minimum absolute atomic E-state index is 0.114. The molecule has 3 rings (SSSR count). The van der Waals surface area contributed by atoms with E-state index in [0.29, 0.717) is 44.1 Å². The van der Waals surface area contributed by atoms with Crippen molar-refractivity contribution in [3.63, 3.8) is 0 Å². The molecule has 0 aromatic heterocycles. The summed E-state index contributed by atoms with van der Waals surface area (Å²) in [6.45, 7) is 6.30.